The molecule has 2 N–H and O–H groups in total. The Hall–Kier alpha value is -0.610. The molecule has 0 aliphatic heterocycles. The molecule has 0 fully saturated rings. The molecule has 96 valence electrons. The maximum atomic E-state index is 11.4. The second-order valence-corrected chi connectivity index (χ2v) is 4.75. The highest BCUT2D eigenvalue weighted by Gasteiger charge is 2.15. The number of nitrogens with zero attached hydrogens (tertiary/aromatic N) is 1. The molecule has 0 aromatic heterocycles. The average Bonchev–Trinajstić information content (AvgIpc) is 2.24. The van der Waals surface area contributed by atoms with Crippen molar-refractivity contribution in [2.24, 2.45) is 5.92 Å². The van der Waals surface area contributed by atoms with E-state index in [1.807, 2.05) is 13.8 Å². The van der Waals surface area contributed by atoms with E-state index >= 15 is 0 Å². The lowest BCUT2D eigenvalue weighted by atomic mass is 10.0. The SMILES string of the molecule is CCC(C)C(O)CNC(C)CC(=O)N(C)C. The summed E-state index contributed by atoms with van der Waals surface area (Å²) in [6.45, 7) is 6.61. The number of carbonyl (C=O) groups excluding carboxylic acids is 1. The van der Waals surface area contributed by atoms with Gasteiger partial charge in [-0.3, -0.25) is 4.79 Å². The van der Waals surface area contributed by atoms with Crippen LogP contribution < -0.4 is 5.32 Å². The van der Waals surface area contributed by atoms with E-state index in [9.17, 15) is 9.90 Å². The topological polar surface area (TPSA) is 52.6 Å². The van der Waals surface area contributed by atoms with Crippen molar-refractivity contribution in [2.45, 2.75) is 45.8 Å². The third-order valence-corrected chi connectivity index (χ3v) is 2.96. The molecule has 1 amide bonds. The number of nitrogens with one attached hydrogen (secondary N) is 1. The van der Waals surface area contributed by atoms with Crippen LogP contribution in [-0.4, -0.2) is 48.7 Å². The molecular weight excluding hydrogens is 204 g/mol. The lowest BCUT2D eigenvalue weighted by molar-refractivity contribution is -0.129. The first-order valence-electron chi connectivity index (χ1n) is 6.00. The molecule has 3 atom stereocenters. The van der Waals surface area contributed by atoms with Gasteiger partial charge < -0.3 is 15.3 Å². The van der Waals surface area contributed by atoms with Crippen LogP contribution in [0.2, 0.25) is 0 Å². The smallest absolute Gasteiger partial charge is 0.223 e. The maximum Gasteiger partial charge on any atom is 0.223 e. The largest absolute Gasteiger partial charge is 0.392 e. The molecule has 4 heteroatoms. The van der Waals surface area contributed by atoms with Crippen LogP contribution in [0, 0.1) is 5.92 Å². The molecule has 0 aliphatic rings. The zero-order valence-electron chi connectivity index (χ0n) is 11.2. The van der Waals surface area contributed by atoms with Crippen molar-refractivity contribution in [1.29, 1.82) is 0 Å². The van der Waals surface area contributed by atoms with Gasteiger partial charge in [-0.15, -0.1) is 0 Å². The summed E-state index contributed by atoms with van der Waals surface area (Å²) in [4.78, 5) is 13.0. The van der Waals surface area contributed by atoms with Crippen LogP contribution in [0.5, 0.6) is 0 Å². The summed E-state index contributed by atoms with van der Waals surface area (Å²) in [6, 6.07) is 0.105. The molecule has 0 aromatic rings. The molecule has 0 saturated carbocycles. The third kappa shape index (κ3) is 6.08. The van der Waals surface area contributed by atoms with E-state index in [4.69, 9.17) is 0 Å². The zero-order valence-corrected chi connectivity index (χ0v) is 11.2. The minimum Gasteiger partial charge on any atom is -0.392 e. The monoisotopic (exact) mass is 230 g/mol. The lowest BCUT2D eigenvalue weighted by Gasteiger charge is -2.21. The second kappa shape index (κ2) is 7.63. The molecule has 0 aliphatic carbocycles. The number of carbonyl (C=O) groups is 1. The quantitative estimate of drug-likeness (QED) is 0.682. The maximum absolute atomic E-state index is 11.4. The van der Waals surface area contributed by atoms with Crippen molar-refractivity contribution in [2.75, 3.05) is 20.6 Å². The molecule has 0 radical (unpaired) electrons. The van der Waals surface area contributed by atoms with Crippen LogP contribution in [0.25, 0.3) is 0 Å². The van der Waals surface area contributed by atoms with Crippen LogP contribution in [0.4, 0.5) is 0 Å². The molecule has 3 unspecified atom stereocenters. The summed E-state index contributed by atoms with van der Waals surface area (Å²) in [7, 11) is 3.51. The summed E-state index contributed by atoms with van der Waals surface area (Å²) in [6.07, 6.45) is 1.11. The Bertz CT molecular complexity index is 207. The molecule has 0 heterocycles. The standard InChI is InChI=1S/C12H26N2O2/c1-6-9(2)11(15)8-13-10(3)7-12(16)14(4)5/h9-11,13,15H,6-8H2,1-5H3. The highest BCUT2D eigenvalue weighted by molar-refractivity contribution is 5.76. The van der Waals surface area contributed by atoms with Crippen LogP contribution in [0.3, 0.4) is 0 Å². The Morgan fingerprint density at radius 1 is 1.38 bits per heavy atom. The second-order valence-electron chi connectivity index (χ2n) is 4.75. The number of rotatable bonds is 7. The van der Waals surface area contributed by atoms with E-state index in [1.165, 1.54) is 0 Å². The highest BCUT2D eigenvalue weighted by Crippen LogP contribution is 2.06. The summed E-state index contributed by atoms with van der Waals surface area (Å²) in [5, 5.41) is 12.9. The Kier molecular flexibility index (Phi) is 7.34. The number of aliphatic hydroxyl groups excluding tert-OH is 1. The first-order valence-corrected chi connectivity index (χ1v) is 6.00. The van der Waals surface area contributed by atoms with Crippen LogP contribution >= 0.6 is 0 Å². The van der Waals surface area contributed by atoms with Gasteiger partial charge in [-0.1, -0.05) is 20.3 Å². The lowest BCUT2D eigenvalue weighted by Crippen LogP contribution is -2.39. The average molecular weight is 230 g/mol. The molecule has 0 bridgehead atoms. The fourth-order valence-corrected chi connectivity index (χ4v) is 1.31. The molecule has 0 aromatic carbocycles. The fraction of sp³-hybridized carbons (Fsp3) is 0.917. The summed E-state index contributed by atoms with van der Waals surface area (Å²) >= 11 is 0. The molecule has 4 nitrogen and oxygen atoms in total. The first kappa shape index (κ1) is 15.4. The van der Waals surface area contributed by atoms with E-state index in [-0.39, 0.29) is 18.1 Å². The molecule has 0 spiro atoms. The van der Waals surface area contributed by atoms with Crippen LogP contribution in [-0.2, 0) is 4.79 Å². The number of aliphatic hydroxyl groups is 1. The Balaban J connectivity index is 3.81. The van der Waals surface area contributed by atoms with Crippen molar-refractivity contribution in [3.63, 3.8) is 0 Å². The summed E-state index contributed by atoms with van der Waals surface area (Å²) < 4.78 is 0. The zero-order chi connectivity index (χ0) is 12.7. The Morgan fingerprint density at radius 2 is 1.94 bits per heavy atom. The van der Waals surface area contributed by atoms with Crippen molar-refractivity contribution in [3.8, 4) is 0 Å². The van der Waals surface area contributed by atoms with Gasteiger partial charge in [0.2, 0.25) is 5.91 Å². The molecular formula is C12H26N2O2. The van der Waals surface area contributed by atoms with Crippen LogP contribution in [0.1, 0.15) is 33.6 Å². The first-order chi connectivity index (χ1) is 7.38. The van der Waals surface area contributed by atoms with Crippen molar-refractivity contribution < 1.29 is 9.90 Å². The van der Waals surface area contributed by atoms with E-state index in [0.29, 0.717) is 18.9 Å². The van der Waals surface area contributed by atoms with Gasteiger partial charge in [0.05, 0.1) is 6.10 Å². The van der Waals surface area contributed by atoms with Gasteiger partial charge in [-0.25, -0.2) is 0 Å². The number of hydrogen-bond donors (Lipinski definition) is 2. The third-order valence-electron chi connectivity index (χ3n) is 2.96. The van der Waals surface area contributed by atoms with Crippen LogP contribution in [0.15, 0.2) is 0 Å². The van der Waals surface area contributed by atoms with E-state index in [2.05, 4.69) is 12.2 Å². The van der Waals surface area contributed by atoms with Gasteiger partial charge in [-0.05, 0) is 12.8 Å². The summed E-state index contributed by atoms with van der Waals surface area (Å²) in [5.41, 5.74) is 0. The normalized spacial score (nSPS) is 16.6. The minimum atomic E-state index is -0.332. The Labute approximate surface area is 99.0 Å². The van der Waals surface area contributed by atoms with Gasteiger partial charge in [0.1, 0.15) is 0 Å². The van der Waals surface area contributed by atoms with Gasteiger partial charge in [0, 0.05) is 33.1 Å². The van der Waals surface area contributed by atoms with E-state index in [1.54, 1.807) is 19.0 Å². The van der Waals surface area contributed by atoms with Gasteiger partial charge in [0.25, 0.3) is 0 Å². The highest BCUT2D eigenvalue weighted by atomic mass is 16.3. The van der Waals surface area contributed by atoms with Crippen molar-refractivity contribution >= 4 is 5.91 Å². The minimum absolute atomic E-state index is 0.105. The number of amides is 1. The van der Waals surface area contributed by atoms with Crippen molar-refractivity contribution in [1.82, 2.24) is 10.2 Å². The van der Waals surface area contributed by atoms with Gasteiger partial charge >= 0.3 is 0 Å². The Morgan fingerprint density at radius 3 is 2.38 bits per heavy atom. The van der Waals surface area contributed by atoms with Crippen molar-refractivity contribution in [3.05, 3.63) is 0 Å². The van der Waals surface area contributed by atoms with E-state index in [0.717, 1.165) is 6.42 Å². The molecule has 0 saturated heterocycles. The fourth-order valence-electron chi connectivity index (χ4n) is 1.31. The van der Waals surface area contributed by atoms with Gasteiger partial charge in [-0.2, -0.15) is 0 Å². The molecule has 16 heavy (non-hydrogen) atoms. The van der Waals surface area contributed by atoms with Gasteiger partial charge in [0.15, 0.2) is 0 Å². The predicted molar refractivity (Wildman–Crippen MR) is 66.2 cm³/mol. The predicted octanol–water partition coefficient (Wildman–Crippen LogP) is 0.850. The van der Waals surface area contributed by atoms with E-state index < -0.39 is 0 Å². The number of hydrogen-bond acceptors (Lipinski definition) is 3. The summed E-state index contributed by atoms with van der Waals surface area (Å²) in [5.74, 6) is 0.405. The molecule has 0 rings (SSSR count).